The van der Waals surface area contributed by atoms with Gasteiger partial charge in [-0.1, -0.05) is 38.3 Å². The van der Waals surface area contributed by atoms with Crippen molar-refractivity contribution in [1.82, 2.24) is 15.4 Å². The highest BCUT2D eigenvalue weighted by atomic mass is 16.5. The molecule has 1 N–H and O–H groups in total. The van der Waals surface area contributed by atoms with Crippen molar-refractivity contribution in [2.75, 3.05) is 19.6 Å². The zero-order valence-electron chi connectivity index (χ0n) is 15.5. The van der Waals surface area contributed by atoms with Gasteiger partial charge in [0, 0.05) is 25.7 Å². The molecule has 0 bridgehead atoms. The summed E-state index contributed by atoms with van der Waals surface area (Å²) >= 11 is 0. The lowest BCUT2D eigenvalue weighted by atomic mass is 9.73. The third-order valence-electron chi connectivity index (χ3n) is 5.54. The second-order valence-corrected chi connectivity index (χ2v) is 7.78. The van der Waals surface area contributed by atoms with Crippen molar-refractivity contribution in [3.63, 3.8) is 0 Å². The van der Waals surface area contributed by atoms with Crippen LogP contribution >= 0.6 is 0 Å². The Bertz CT molecular complexity index is 557. The summed E-state index contributed by atoms with van der Waals surface area (Å²) in [6.45, 7) is 10.1. The van der Waals surface area contributed by atoms with E-state index in [0.29, 0.717) is 17.9 Å². The Morgan fingerprint density at radius 3 is 2.79 bits per heavy atom. The molecule has 0 unspecified atom stereocenters. The minimum Gasteiger partial charge on any atom is -0.359 e. The van der Waals surface area contributed by atoms with Gasteiger partial charge in [-0.3, -0.25) is 0 Å². The van der Waals surface area contributed by atoms with Crippen LogP contribution in [0.4, 0.5) is 0 Å². The number of rotatable bonds is 4. The fourth-order valence-electron chi connectivity index (χ4n) is 4.08. The smallest absolute Gasteiger partial charge is 0.194 e. The van der Waals surface area contributed by atoms with Crippen LogP contribution in [0.25, 0.3) is 0 Å². The molecule has 5 nitrogen and oxygen atoms in total. The van der Waals surface area contributed by atoms with Gasteiger partial charge in [-0.15, -0.1) is 0 Å². The SMILES string of the molecule is CCNC(=NCc1cc(C(C)C)no1)N1CCC2(CCCCC2)C1. The first-order valence-corrected chi connectivity index (χ1v) is 9.61. The van der Waals surface area contributed by atoms with Crippen LogP contribution in [-0.2, 0) is 6.54 Å². The lowest BCUT2D eigenvalue weighted by Gasteiger charge is -2.33. The molecule has 5 heteroatoms. The maximum atomic E-state index is 5.42. The van der Waals surface area contributed by atoms with E-state index in [2.05, 4.69) is 36.1 Å². The largest absolute Gasteiger partial charge is 0.359 e. The molecule has 1 aromatic rings. The molecule has 1 saturated carbocycles. The summed E-state index contributed by atoms with van der Waals surface area (Å²) in [5, 5.41) is 7.59. The van der Waals surface area contributed by atoms with Crippen molar-refractivity contribution in [1.29, 1.82) is 0 Å². The van der Waals surface area contributed by atoms with Gasteiger partial charge in [0.05, 0.1) is 5.69 Å². The van der Waals surface area contributed by atoms with Gasteiger partial charge in [0.15, 0.2) is 11.7 Å². The first-order chi connectivity index (χ1) is 11.6. The van der Waals surface area contributed by atoms with E-state index in [1.54, 1.807) is 0 Å². The van der Waals surface area contributed by atoms with Crippen molar-refractivity contribution in [2.45, 2.75) is 71.8 Å². The Kier molecular flexibility index (Phi) is 5.47. The molecule has 1 spiro atoms. The quantitative estimate of drug-likeness (QED) is 0.671. The lowest BCUT2D eigenvalue weighted by Crippen LogP contribution is -2.41. The van der Waals surface area contributed by atoms with Crippen LogP contribution in [0.3, 0.4) is 0 Å². The third kappa shape index (κ3) is 3.93. The Labute approximate surface area is 145 Å². The molecule has 2 fully saturated rings. The van der Waals surface area contributed by atoms with Crippen molar-refractivity contribution >= 4 is 5.96 Å². The molecule has 0 radical (unpaired) electrons. The van der Waals surface area contributed by atoms with Gasteiger partial charge in [0.1, 0.15) is 6.54 Å². The van der Waals surface area contributed by atoms with Gasteiger partial charge in [-0.05, 0) is 37.5 Å². The Hall–Kier alpha value is -1.52. The highest BCUT2D eigenvalue weighted by Crippen LogP contribution is 2.43. The van der Waals surface area contributed by atoms with E-state index in [4.69, 9.17) is 9.52 Å². The Morgan fingerprint density at radius 1 is 1.33 bits per heavy atom. The topological polar surface area (TPSA) is 53.7 Å². The molecule has 1 aliphatic heterocycles. The van der Waals surface area contributed by atoms with E-state index in [-0.39, 0.29) is 0 Å². The fraction of sp³-hybridized carbons (Fsp3) is 0.789. The van der Waals surface area contributed by atoms with Gasteiger partial charge >= 0.3 is 0 Å². The van der Waals surface area contributed by atoms with E-state index in [1.807, 2.05) is 6.07 Å². The van der Waals surface area contributed by atoms with Gasteiger partial charge in [0.25, 0.3) is 0 Å². The molecule has 0 aromatic carbocycles. The third-order valence-corrected chi connectivity index (χ3v) is 5.54. The number of nitrogens with one attached hydrogen (secondary N) is 1. The predicted molar refractivity (Wildman–Crippen MR) is 97.1 cm³/mol. The van der Waals surface area contributed by atoms with Crippen LogP contribution in [0, 0.1) is 5.41 Å². The number of hydrogen-bond acceptors (Lipinski definition) is 3. The van der Waals surface area contributed by atoms with E-state index < -0.39 is 0 Å². The van der Waals surface area contributed by atoms with E-state index >= 15 is 0 Å². The predicted octanol–water partition coefficient (Wildman–Crippen LogP) is 3.92. The number of aromatic nitrogens is 1. The summed E-state index contributed by atoms with van der Waals surface area (Å²) in [7, 11) is 0. The van der Waals surface area contributed by atoms with Gasteiger partial charge in [-0.2, -0.15) is 0 Å². The molecule has 0 atom stereocenters. The molecular weight excluding hydrogens is 300 g/mol. The van der Waals surface area contributed by atoms with Crippen LogP contribution in [0.2, 0.25) is 0 Å². The summed E-state index contributed by atoms with van der Waals surface area (Å²) < 4.78 is 5.42. The molecule has 24 heavy (non-hydrogen) atoms. The average Bonchev–Trinajstić information content (AvgIpc) is 3.20. The number of likely N-dealkylation sites (tertiary alicyclic amines) is 1. The molecule has 134 valence electrons. The van der Waals surface area contributed by atoms with Crippen LogP contribution in [-0.4, -0.2) is 35.7 Å². The molecular formula is C19H32N4O. The highest BCUT2D eigenvalue weighted by molar-refractivity contribution is 5.80. The molecule has 1 aromatic heterocycles. The van der Waals surface area contributed by atoms with Crippen molar-refractivity contribution < 1.29 is 4.52 Å². The zero-order valence-corrected chi connectivity index (χ0v) is 15.5. The molecule has 2 heterocycles. The van der Waals surface area contributed by atoms with Crippen LogP contribution in [0.5, 0.6) is 0 Å². The molecule has 0 amide bonds. The standard InChI is InChI=1S/C19H32N4O/c1-4-20-18(21-13-16-12-17(15(2)3)22-24-16)23-11-10-19(14-23)8-6-5-7-9-19/h12,15H,4-11,13-14H2,1-3H3,(H,20,21). The monoisotopic (exact) mass is 332 g/mol. The summed E-state index contributed by atoms with van der Waals surface area (Å²) in [6, 6.07) is 2.03. The number of aliphatic imine (C=N–C) groups is 1. The van der Waals surface area contributed by atoms with Crippen LogP contribution in [0.15, 0.2) is 15.6 Å². The second-order valence-electron chi connectivity index (χ2n) is 7.78. The first kappa shape index (κ1) is 17.3. The van der Waals surface area contributed by atoms with E-state index in [1.165, 1.54) is 38.5 Å². The maximum absolute atomic E-state index is 5.42. The van der Waals surface area contributed by atoms with Crippen LogP contribution < -0.4 is 5.32 Å². The average molecular weight is 332 g/mol. The highest BCUT2D eigenvalue weighted by Gasteiger charge is 2.39. The second kappa shape index (κ2) is 7.58. The Morgan fingerprint density at radius 2 is 2.12 bits per heavy atom. The van der Waals surface area contributed by atoms with Gasteiger partial charge < -0.3 is 14.7 Å². The molecule has 1 saturated heterocycles. The van der Waals surface area contributed by atoms with E-state index in [9.17, 15) is 0 Å². The summed E-state index contributed by atoms with van der Waals surface area (Å²) in [4.78, 5) is 7.27. The number of hydrogen-bond donors (Lipinski definition) is 1. The fourth-order valence-corrected chi connectivity index (χ4v) is 4.08. The first-order valence-electron chi connectivity index (χ1n) is 9.61. The van der Waals surface area contributed by atoms with Gasteiger partial charge in [0.2, 0.25) is 0 Å². The van der Waals surface area contributed by atoms with Crippen molar-refractivity contribution in [3.8, 4) is 0 Å². The minimum atomic E-state index is 0.393. The van der Waals surface area contributed by atoms with Gasteiger partial charge in [-0.25, -0.2) is 4.99 Å². The summed E-state index contributed by atoms with van der Waals surface area (Å²) in [5.74, 6) is 2.27. The summed E-state index contributed by atoms with van der Waals surface area (Å²) in [6.07, 6.45) is 8.32. The molecule has 3 rings (SSSR count). The number of guanidine groups is 1. The van der Waals surface area contributed by atoms with Crippen LogP contribution in [0.1, 0.15) is 76.7 Å². The van der Waals surface area contributed by atoms with Crippen molar-refractivity contribution in [3.05, 3.63) is 17.5 Å². The van der Waals surface area contributed by atoms with Crippen molar-refractivity contribution in [2.24, 2.45) is 10.4 Å². The zero-order chi connectivity index (χ0) is 17.0. The Balaban J connectivity index is 1.65. The lowest BCUT2D eigenvalue weighted by molar-refractivity contribution is 0.203. The maximum Gasteiger partial charge on any atom is 0.194 e. The summed E-state index contributed by atoms with van der Waals surface area (Å²) in [5.41, 5.74) is 1.55. The molecule has 1 aliphatic carbocycles. The molecule has 2 aliphatic rings. The normalized spacial score (nSPS) is 21.0. The number of nitrogens with zero attached hydrogens (tertiary/aromatic N) is 3. The minimum absolute atomic E-state index is 0.393. The van der Waals surface area contributed by atoms with E-state index in [0.717, 1.165) is 37.0 Å².